The molecule has 0 aliphatic rings. The standard InChI is InChI=1S/C19H13BrN4O4/c20-13-3-6-16-22-15(9-18(26)24(16)10-13)11-28-19(27)12-1-4-14(5-2-12)23-17(25)7-8-21/h1-6,9-10H,7,11H2,(H,23,25). The second-order valence-electron chi connectivity index (χ2n) is 5.70. The van der Waals surface area contributed by atoms with Crippen molar-refractivity contribution < 1.29 is 14.3 Å². The van der Waals surface area contributed by atoms with Gasteiger partial charge >= 0.3 is 5.97 Å². The topological polar surface area (TPSA) is 114 Å². The number of fused-ring (bicyclic) bond motifs is 1. The minimum Gasteiger partial charge on any atom is -0.456 e. The molecule has 1 N–H and O–H groups in total. The van der Waals surface area contributed by atoms with Gasteiger partial charge in [0.25, 0.3) is 5.56 Å². The van der Waals surface area contributed by atoms with Crippen LogP contribution < -0.4 is 10.9 Å². The van der Waals surface area contributed by atoms with E-state index in [-0.39, 0.29) is 24.2 Å². The number of aromatic nitrogens is 2. The average molecular weight is 441 g/mol. The maximum atomic E-state index is 12.2. The Morgan fingerprint density at radius 3 is 2.68 bits per heavy atom. The number of hydrogen-bond donors (Lipinski definition) is 1. The number of amides is 1. The monoisotopic (exact) mass is 440 g/mol. The van der Waals surface area contributed by atoms with Gasteiger partial charge in [-0.25, -0.2) is 9.78 Å². The Bertz CT molecular complexity index is 1150. The lowest BCUT2D eigenvalue weighted by atomic mass is 10.2. The summed E-state index contributed by atoms with van der Waals surface area (Å²) in [5.41, 5.74) is 1.24. The van der Waals surface area contributed by atoms with Crippen molar-refractivity contribution >= 4 is 39.1 Å². The number of halogens is 1. The highest BCUT2D eigenvalue weighted by molar-refractivity contribution is 9.10. The van der Waals surface area contributed by atoms with Crippen molar-refractivity contribution in [3.05, 3.63) is 74.7 Å². The molecule has 0 atom stereocenters. The van der Waals surface area contributed by atoms with Crippen molar-refractivity contribution in [2.75, 3.05) is 5.32 Å². The molecule has 140 valence electrons. The van der Waals surface area contributed by atoms with Crippen LogP contribution in [0.4, 0.5) is 5.69 Å². The third-order valence-corrected chi connectivity index (χ3v) is 4.14. The Morgan fingerprint density at radius 2 is 1.96 bits per heavy atom. The normalized spacial score (nSPS) is 10.3. The molecule has 0 fully saturated rings. The zero-order valence-corrected chi connectivity index (χ0v) is 16.0. The Balaban J connectivity index is 1.66. The molecule has 28 heavy (non-hydrogen) atoms. The predicted octanol–water partition coefficient (Wildman–Crippen LogP) is 2.67. The van der Waals surface area contributed by atoms with Crippen LogP contribution in [0, 0.1) is 11.3 Å². The van der Waals surface area contributed by atoms with E-state index in [9.17, 15) is 14.4 Å². The van der Waals surface area contributed by atoms with E-state index in [1.165, 1.54) is 34.7 Å². The van der Waals surface area contributed by atoms with Gasteiger partial charge in [0.2, 0.25) is 5.91 Å². The first-order chi connectivity index (χ1) is 13.5. The van der Waals surface area contributed by atoms with Crippen molar-refractivity contribution in [2.45, 2.75) is 13.0 Å². The van der Waals surface area contributed by atoms with Gasteiger partial charge in [-0.05, 0) is 52.3 Å². The Hall–Kier alpha value is -3.51. The highest BCUT2D eigenvalue weighted by Gasteiger charge is 2.10. The summed E-state index contributed by atoms with van der Waals surface area (Å²) in [5.74, 6) is -1.02. The Kier molecular flexibility index (Phi) is 5.81. The molecule has 0 aliphatic heterocycles. The summed E-state index contributed by atoms with van der Waals surface area (Å²) < 4.78 is 7.34. The summed E-state index contributed by atoms with van der Waals surface area (Å²) in [5, 5.41) is 11.0. The first-order valence-electron chi connectivity index (χ1n) is 8.08. The van der Waals surface area contributed by atoms with Gasteiger partial charge in [-0.2, -0.15) is 5.26 Å². The largest absolute Gasteiger partial charge is 0.456 e. The number of ether oxygens (including phenoxy) is 1. The van der Waals surface area contributed by atoms with Gasteiger partial charge in [-0.15, -0.1) is 0 Å². The molecular weight excluding hydrogens is 428 g/mol. The second-order valence-corrected chi connectivity index (χ2v) is 6.61. The number of hydrogen-bond acceptors (Lipinski definition) is 6. The van der Waals surface area contributed by atoms with Crippen molar-refractivity contribution in [1.29, 1.82) is 5.26 Å². The molecule has 8 nitrogen and oxygen atoms in total. The molecule has 0 aliphatic carbocycles. The zero-order valence-electron chi connectivity index (χ0n) is 14.4. The van der Waals surface area contributed by atoms with Gasteiger partial charge in [-0.3, -0.25) is 14.0 Å². The van der Waals surface area contributed by atoms with Gasteiger partial charge in [0.1, 0.15) is 18.7 Å². The molecule has 1 aromatic carbocycles. The smallest absolute Gasteiger partial charge is 0.338 e. The van der Waals surface area contributed by atoms with E-state index in [1.807, 2.05) is 0 Å². The molecule has 3 aromatic rings. The van der Waals surface area contributed by atoms with E-state index >= 15 is 0 Å². The third-order valence-electron chi connectivity index (χ3n) is 3.67. The Morgan fingerprint density at radius 1 is 1.21 bits per heavy atom. The average Bonchev–Trinajstić information content (AvgIpc) is 2.67. The number of benzene rings is 1. The summed E-state index contributed by atoms with van der Waals surface area (Å²) in [4.78, 5) is 40.0. The van der Waals surface area contributed by atoms with Gasteiger partial charge in [0, 0.05) is 22.4 Å². The molecule has 0 spiro atoms. The SMILES string of the molecule is N#CCC(=O)Nc1ccc(C(=O)OCc2cc(=O)n3cc(Br)ccc3n2)cc1. The number of nitrogens with zero attached hydrogens (tertiary/aromatic N) is 3. The van der Waals surface area contributed by atoms with E-state index < -0.39 is 11.9 Å². The summed E-state index contributed by atoms with van der Waals surface area (Å²) >= 11 is 3.29. The van der Waals surface area contributed by atoms with Crippen LogP contribution in [0.2, 0.25) is 0 Å². The lowest BCUT2D eigenvalue weighted by molar-refractivity contribution is -0.115. The van der Waals surface area contributed by atoms with E-state index in [4.69, 9.17) is 10.00 Å². The highest BCUT2D eigenvalue weighted by Crippen LogP contribution is 2.13. The van der Waals surface area contributed by atoms with E-state index in [0.29, 0.717) is 17.0 Å². The molecule has 1 amide bonds. The van der Waals surface area contributed by atoms with Crippen LogP contribution in [0.1, 0.15) is 22.5 Å². The number of pyridine rings is 1. The van der Waals surface area contributed by atoms with Crippen LogP contribution in [-0.2, 0) is 16.1 Å². The molecule has 3 rings (SSSR count). The summed E-state index contributed by atoms with van der Waals surface area (Å²) in [6.45, 7) is -0.151. The molecule has 0 unspecified atom stereocenters. The lowest BCUT2D eigenvalue weighted by Crippen LogP contribution is -2.16. The number of anilines is 1. The first kappa shape index (κ1) is 19.3. The number of rotatable bonds is 5. The van der Waals surface area contributed by atoms with E-state index in [2.05, 4.69) is 26.2 Å². The number of esters is 1. The number of carbonyl (C=O) groups excluding carboxylic acids is 2. The number of carbonyl (C=O) groups is 2. The number of nitrogens with one attached hydrogen (secondary N) is 1. The number of nitriles is 1. The van der Waals surface area contributed by atoms with Crippen molar-refractivity contribution in [2.24, 2.45) is 0 Å². The summed E-state index contributed by atoms with van der Waals surface area (Å²) in [6.07, 6.45) is 1.36. The van der Waals surface area contributed by atoms with Gasteiger partial charge in [0.15, 0.2) is 0 Å². The fourth-order valence-corrected chi connectivity index (χ4v) is 2.73. The van der Waals surface area contributed by atoms with Gasteiger partial charge < -0.3 is 10.1 Å². The van der Waals surface area contributed by atoms with Gasteiger partial charge in [-0.1, -0.05) is 0 Å². The molecule has 0 saturated heterocycles. The minimum atomic E-state index is -0.590. The van der Waals surface area contributed by atoms with Crippen molar-refractivity contribution in [1.82, 2.24) is 9.38 Å². The minimum absolute atomic E-state index is 0.151. The van der Waals surface area contributed by atoms with Crippen molar-refractivity contribution in [3.8, 4) is 6.07 Å². The van der Waals surface area contributed by atoms with Crippen LogP contribution in [-0.4, -0.2) is 21.3 Å². The summed E-state index contributed by atoms with van der Waals surface area (Å²) in [6, 6.07) is 12.5. The molecule has 0 saturated carbocycles. The fourth-order valence-electron chi connectivity index (χ4n) is 2.39. The highest BCUT2D eigenvalue weighted by atomic mass is 79.9. The lowest BCUT2D eigenvalue weighted by Gasteiger charge is -2.07. The van der Waals surface area contributed by atoms with Crippen molar-refractivity contribution in [3.63, 3.8) is 0 Å². The Labute approximate surface area is 167 Å². The maximum absolute atomic E-state index is 12.2. The summed E-state index contributed by atoms with van der Waals surface area (Å²) in [7, 11) is 0. The van der Waals surface area contributed by atoms with Crippen LogP contribution in [0.3, 0.4) is 0 Å². The molecule has 2 heterocycles. The van der Waals surface area contributed by atoms with Crippen LogP contribution >= 0.6 is 15.9 Å². The molecule has 0 bridgehead atoms. The van der Waals surface area contributed by atoms with E-state index in [1.54, 1.807) is 24.4 Å². The van der Waals surface area contributed by atoms with Crippen LogP contribution in [0.15, 0.2) is 57.9 Å². The van der Waals surface area contributed by atoms with Crippen LogP contribution in [0.5, 0.6) is 0 Å². The quantitative estimate of drug-likeness (QED) is 0.609. The first-order valence-corrected chi connectivity index (χ1v) is 8.87. The molecule has 0 radical (unpaired) electrons. The fraction of sp³-hybridized carbons (Fsp3) is 0.105. The van der Waals surface area contributed by atoms with Crippen LogP contribution in [0.25, 0.3) is 5.65 Å². The van der Waals surface area contributed by atoms with Gasteiger partial charge in [0.05, 0.1) is 17.3 Å². The zero-order chi connectivity index (χ0) is 20.1. The third kappa shape index (κ3) is 4.61. The molecular formula is C19H13BrN4O4. The second kappa shape index (κ2) is 8.45. The maximum Gasteiger partial charge on any atom is 0.338 e. The van der Waals surface area contributed by atoms with E-state index in [0.717, 1.165) is 4.47 Å². The molecule has 2 aromatic heterocycles. The predicted molar refractivity (Wildman–Crippen MR) is 104 cm³/mol. The molecule has 9 heteroatoms.